The van der Waals surface area contributed by atoms with E-state index < -0.39 is 21.9 Å². The first-order valence-corrected chi connectivity index (χ1v) is 10.7. The second-order valence-corrected chi connectivity index (χ2v) is 9.07. The van der Waals surface area contributed by atoms with Crippen molar-refractivity contribution >= 4 is 33.2 Å². The Labute approximate surface area is 155 Å². The number of thiophene rings is 1. The van der Waals surface area contributed by atoms with Gasteiger partial charge in [-0.2, -0.15) is 0 Å². The smallest absolute Gasteiger partial charge is 0.339 e. The van der Waals surface area contributed by atoms with Crippen molar-refractivity contribution in [3.05, 3.63) is 51.2 Å². The highest BCUT2D eigenvalue weighted by atomic mass is 32.2. The van der Waals surface area contributed by atoms with Crippen molar-refractivity contribution in [3.63, 3.8) is 0 Å². The maximum absolute atomic E-state index is 12.5. The van der Waals surface area contributed by atoms with Crippen molar-refractivity contribution in [2.75, 3.05) is 13.2 Å². The molecule has 1 aromatic heterocycles. The summed E-state index contributed by atoms with van der Waals surface area (Å²) < 4.78 is 30.9. The summed E-state index contributed by atoms with van der Waals surface area (Å²) in [6.07, 6.45) is 4.06. The lowest BCUT2D eigenvalue weighted by Gasteiger charge is -2.15. The number of hydrogen-bond acceptors (Lipinski definition) is 6. The first-order valence-electron chi connectivity index (χ1n) is 8.42. The van der Waals surface area contributed by atoms with E-state index in [0.29, 0.717) is 5.56 Å². The monoisotopic (exact) mass is 391 g/mol. The molecule has 26 heavy (non-hydrogen) atoms. The molecule has 0 saturated heterocycles. The van der Waals surface area contributed by atoms with Crippen LogP contribution in [0, 0.1) is 0 Å². The molecular formula is C18H17NO5S2. The highest BCUT2D eigenvalue weighted by Gasteiger charge is 2.40. The van der Waals surface area contributed by atoms with Crippen LogP contribution >= 0.6 is 11.3 Å². The average Bonchev–Trinajstić information content (AvgIpc) is 3.15. The third-order valence-electron chi connectivity index (χ3n) is 4.72. The lowest BCUT2D eigenvalue weighted by atomic mass is 9.96. The van der Waals surface area contributed by atoms with E-state index in [1.54, 1.807) is 23.5 Å². The zero-order valence-corrected chi connectivity index (χ0v) is 15.6. The molecule has 0 fully saturated rings. The number of aryl methyl sites for hydroxylation is 1. The fraction of sp³-hybridized carbons (Fsp3) is 0.333. The van der Waals surface area contributed by atoms with Gasteiger partial charge in [0.05, 0.1) is 17.7 Å². The van der Waals surface area contributed by atoms with E-state index in [0.717, 1.165) is 35.6 Å². The van der Waals surface area contributed by atoms with E-state index in [4.69, 9.17) is 4.74 Å². The van der Waals surface area contributed by atoms with Crippen LogP contribution in [-0.4, -0.2) is 37.8 Å². The Morgan fingerprint density at radius 1 is 1.19 bits per heavy atom. The molecule has 136 valence electrons. The number of ether oxygens (including phenoxy) is 1. The van der Waals surface area contributed by atoms with Gasteiger partial charge in [-0.3, -0.25) is 4.79 Å². The molecule has 1 aromatic carbocycles. The van der Waals surface area contributed by atoms with Crippen LogP contribution in [0.5, 0.6) is 0 Å². The number of fused-ring (bicyclic) bond motifs is 2. The molecule has 1 aliphatic heterocycles. The summed E-state index contributed by atoms with van der Waals surface area (Å²) in [4.78, 5) is 25.9. The maximum Gasteiger partial charge on any atom is 0.339 e. The van der Waals surface area contributed by atoms with Crippen molar-refractivity contribution in [1.82, 2.24) is 4.31 Å². The normalized spacial score (nSPS) is 17.7. The molecule has 6 nitrogen and oxygen atoms in total. The maximum atomic E-state index is 12.5. The quantitative estimate of drug-likeness (QED) is 0.749. The van der Waals surface area contributed by atoms with Crippen LogP contribution in [0.15, 0.2) is 34.5 Å². The molecule has 0 atom stereocenters. The number of sulfonamides is 1. The summed E-state index contributed by atoms with van der Waals surface area (Å²) >= 11 is 1.57. The molecule has 4 rings (SSSR count). The van der Waals surface area contributed by atoms with E-state index >= 15 is 0 Å². The number of nitrogens with zero attached hydrogens (tertiary/aromatic N) is 1. The zero-order chi connectivity index (χ0) is 18.3. The van der Waals surface area contributed by atoms with Gasteiger partial charge in [0, 0.05) is 10.3 Å². The summed E-state index contributed by atoms with van der Waals surface area (Å²) in [5.74, 6) is -1.03. The summed E-state index contributed by atoms with van der Waals surface area (Å²) in [6, 6.07) is 6.09. The van der Waals surface area contributed by atoms with Crippen LogP contribution in [0.2, 0.25) is 0 Å². The van der Waals surface area contributed by atoms with Gasteiger partial charge in [-0.05, 0) is 43.4 Å². The highest BCUT2D eigenvalue weighted by molar-refractivity contribution is 7.90. The van der Waals surface area contributed by atoms with Crippen LogP contribution < -0.4 is 0 Å². The van der Waals surface area contributed by atoms with Gasteiger partial charge in [0.1, 0.15) is 11.5 Å². The molecule has 1 amide bonds. The highest BCUT2D eigenvalue weighted by Crippen LogP contribution is 2.31. The number of benzene rings is 1. The molecule has 1 aliphatic carbocycles. The molecule has 8 heteroatoms. The second-order valence-electron chi connectivity index (χ2n) is 6.27. The summed E-state index contributed by atoms with van der Waals surface area (Å²) in [5.41, 5.74) is 1.79. The minimum atomic E-state index is -3.87. The summed E-state index contributed by atoms with van der Waals surface area (Å²) in [7, 11) is -3.87. The van der Waals surface area contributed by atoms with Crippen LogP contribution in [0.25, 0.3) is 0 Å². The lowest BCUT2D eigenvalue weighted by molar-refractivity contribution is 0.0477. The minimum Gasteiger partial charge on any atom is -0.460 e. The number of carbonyl (C=O) groups is 2. The fourth-order valence-electron chi connectivity index (χ4n) is 3.42. The van der Waals surface area contributed by atoms with Crippen molar-refractivity contribution in [2.24, 2.45) is 0 Å². The molecule has 2 heterocycles. The van der Waals surface area contributed by atoms with Crippen LogP contribution in [0.1, 0.15) is 44.0 Å². The van der Waals surface area contributed by atoms with Gasteiger partial charge < -0.3 is 4.74 Å². The standard InChI is InChI=1S/C18H17NO5S2/c20-17-13-6-2-4-8-16(13)26(22,23)19(17)9-10-24-18(21)14-11-25-15-7-3-1-5-12(14)15/h2,4,6,8,11H,1,3,5,7,9-10H2. The van der Waals surface area contributed by atoms with Crippen molar-refractivity contribution < 1.29 is 22.7 Å². The minimum absolute atomic E-state index is 0.00299. The average molecular weight is 391 g/mol. The number of hydrogen-bond donors (Lipinski definition) is 0. The van der Waals surface area contributed by atoms with E-state index in [1.165, 1.54) is 17.0 Å². The van der Waals surface area contributed by atoms with Crippen LogP contribution in [0.3, 0.4) is 0 Å². The van der Waals surface area contributed by atoms with E-state index in [1.807, 2.05) is 5.38 Å². The molecule has 0 unspecified atom stereocenters. The van der Waals surface area contributed by atoms with Crippen molar-refractivity contribution in [2.45, 2.75) is 30.6 Å². The molecule has 0 saturated carbocycles. The predicted octanol–water partition coefficient (Wildman–Crippen LogP) is 2.63. The molecule has 0 spiro atoms. The molecule has 2 aromatic rings. The number of rotatable bonds is 4. The third-order valence-corrected chi connectivity index (χ3v) is 7.65. The van der Waals surface area contributed by atoms with Gasteiger partial charge in [-0.15, -0.1) is 11.3 Å². The summed E-state index contributed by atoms with van der Waals surface area (Å²) in [6.45, 7) is -0.351. The van der Waals surface area contributed by atoms with Crippen molar-refractivity contribution in [3.8, 4) is 0 Å². The van der Waals surface area contributed by atoms with E-state index in [2.05, 4.69) is 0 Å². The van der Waals surface area contributed by atoms with Gasteiger partial charge in [0.25, 0.3) is 15.9 Å². The van der Waals surface area contributed by atoms with E-state index in [9.17, 15) is 18.0 Å². The van der Waals surface area contributed by atoms with Crippen molar-refractivity contribution in [1.29, 1.82) is 0 Å². The Bertz CT molecular complexity index is 993. The van der Waals surface area contributed by atoms with E-state index in [-0.39, 0.29) is 23.6 Å². The number of carbonyl (C=O) groups excluding carboxylic acids is 2. The zero-order valence-electron chi connectivity index (χ0n) is 13.9. The van der Waals surface area contributed by atoms with Gasteiger partial charge in [0.2, 0.25) is 0 Å². The molecule has 2 aliphatic rings. The van der Waals surface area contributed by atoms with Gasteiger partial charge in [-0.1, -0.05) is 12.1 Å². The first kappa shape index (κ1) is 17.2. The molecule has 0 bridgehead atoms. The number of amides is 1. The van der Waals surface area contributed by atoms with Crippen LogP contribution in [-0.2, 0) is 27.6 Å². The third kappa shape index (κ3) is 2.73. The Balaban J connectivity index is 1.43. The Morgan fingerprint density at radius 3 is 2.77 bits per heavy atom. The predicted molar refractivity (Wildman–Crippen MR) is 95.9 cm³/mol. The number of esters is 1. The Kier molecular flexibility index (Phi) is 4.32. The van der Waals surface area contributed by atoms with Crippen LogP contribution in [0.4, 0.5) is 0 Å². The second kappa shape index (κ2) is 6.51. The molecule has 0 N–H and O–H groups in total. The Morgan fingerprint density at radius 2 is 1.96 bits per heavy atom. The first-order chi connectivity index (χ1) is 12.5. The topological polar surface area (TPSA) is 80.8 Å². The van der Waals surface area contributed by atoms with Gasteiger partial charge in [0.15, 0.2) is 0 Å². The van der Waals surface area contributed by atoms with Gasteiger partial charge >= 0.3 is 5.97 Å². The lowest BCUT2D eigenvalue weighted by Crippen LogP contribution is -2.33. The molecular weight excluding hydrogens is 374 g/mol. The summed E-state index contributed by atoms with van der Waals surface area (Å²) in [5, 5.41) is 1.81. The fourth-order valence-corrected chi connectivity index (χ4v) is 6.08. The van der Waals surface area contributed by atoms with Gasteiger partial charge in [-0.25, -0.2) is 17.5 Å². The SMILES string of the molecule is O=C(OCCN1C(=O)c2ccccc2S1(=O)=O)c1csc2c1CCCC2. The molecule has 0 radical (unpaired) electrons. The largest absolute Gasteiger partial charge is 0.460 e. The Hall–Kier alpha value is -2.19.